The minimum Gasteiger partial charge on any atom is -0.294 e. The number of non-ortho nitro benzene ring substituents is 1. The van der Waals surface area contributed by atoms with E-state index < -0.39 is 4.92 Å². The Bertz CT molecular complexity index is 731. The fourth-order valence-corrected chi connectivity index (χ4v) is 2.99. The van der Waals surface area contributed by atoms with Gasteiger partial charge in [-0.2, -0.15) is 5.06 Å². The first kappa shape index (κ1) is 17.3. The molecular formula is C19H20N2O4. The van der Waals surface area contributed by atoms with Gasteiger partial charge in [-0.1, -0.05) is 30.3 Å². The monoisotopic (exact) mass is 340 g/mol. The lowest BCUT2D eigenvalue weighted by molar-refractivity contribution is -0.384. The molecule has 0 spiro atoms. The molecule has 0 N–H and O–H groups in total. The number of nitro benzene ring substituents is 1. The van der Waals surface area contributed by atoms with Gasteiger partial charge in [0.25, 0.3) is 5.69 Å². The lowest BCUT2D eigenvalue weighted by Gasteiger charge is -2.33. The number of hydrogen-bond acceptors (Lipinski definition) is 5. The SMILES string of the molecule is O=C(c1ccc([N+](=O)[O-])cc1)C1CCCCN1OCc1ccccc1. The minimum absolute atomic E-state index is 0.0163. The second-order valence-electron chi connectivity index (χ2n) is 6.08. The zero-order valence-electron chi connectivity index (χ0n) is 13.8. The molecule has 2 aromatic carbocycles. The average Bonchev–Trinajstić information content (AvgIpc) is 2.67. The molecular weight excluding hydrogens is 320 g/mol. The van der Waals surface area contributed by atoms with Crippen molar-refractivity contribution < 1.29 is 14.6 Å². The Morgan fingerprint density at radius 2 is 1.84 bits per heavy atom. The van der Waals surface area contributed by atoms with Crippen molar-refractivity contribution in [2.45, 2.75) is 31.9 Å². The first-order valence-electron chi connectivity index (χ1n) is 8.37. The Kier molecular flexibility index (Phi) is 5.53. The van der Waals surface area contributed by atoms with Crippen molar-refractivity contribution in [3.05, 3.63) is 75.8 Å². The molecule has 1 atom stereocenters. The Morgan fingerprint density at radius 3 is 2.52 bits per heavy atom. The van der Waals surface area contributed by atoms with Crippen molar-refractivity contribution >= 4 is 11.5 Å². The zero-order chi connectivity index (χ0) is 17.6. The first-order valence-corrected chi connectivity index (χ1v) is 8.37. The van der Waals surface area contributed by atoms with Crippen molar-refractivity contribution in [2.75, 3.05) is 6.54 Å². The summed E-state index contributed by atoms with van der Waals surface area (Å²) in [5, 5.41) is 12.5. The number of carbonyl (C=O) groups is 1. The molecule has 3 rings (SSSR count). The number of nitro groups is 1. The van der Waals surface area contributed by atoms with E-state index in [0.29, 0.717) is 18.7 Å². The molecule has 0 amide bonds. The van der Waals surface area contributed by atoms with Crippen molar-refractivity contribution in [1.82, 2.24) is 5.06 Å². The van der Waals surface area contributed by atoms with E-state index in [4.69, 9.17) is 4.84 Å². The van der Waals surface area contributed by atoms with E-state index in [9.17, 15) is 14.9 Å². The van der Waals surface area contributed by atoms with E-state index in [1.54, 1.807) is 5.06 Å². The Hall–Kier alpha value is -2.57. The molecule has 25 heavy (non-hydrogen) atoms. The number of carbonyl (C=O) groups excluding carboxylic acids is 1. The van der Waals surface area contributed by atoms with Crippen LogP contribution in [-0.2, 0) is 11.4 Å². The van der Waals surface area contributed by atoms with Gasteiger partial charge in [0.1, 0.15) is 0 Å². The van der Waals surface area contributed by atoms with Gasteiger partial charge in [0, 0.05) is 24.2 Å². The van der Waals surface area contributed by atoms with E-state index in [-0.39, 0.29) is 17.5 Å². The van der Waals surface area contributed by atoms with Gasteiger partial charge in [0.15, 0.2) is 5.78 Å². The van der Waals surface area contributed by atoms with Crippen molar-refractivity contribution in [3.63, 3.8) is 0 Å². The summed E-state index contributed by atoms with van der Waals surface area (Å²) in [6.45, 7) is 1.13. The van der Waals surface area contributed by atoms with Crippen LogP contribution >= 0.6 is 0 Å². The third-order valence-corrected chi connectivity index (χ3v) is 4.36. The van der Waals surface area contributed by atoms with Gasteiger partial charge in [-0.3, -0.25) is 19.7 Å². The molecule has 1 fully saturated rings. The third kappa shape index (κ3) is 4.29. The number of hydrogen-bond donors (Lipinski definition) is 0. The van der Waals surface area contributed by atoms with Crippen LogP contribution in [0.3, 0.4) is 0 Å². The number of hydroxylamine groups is 2. The molecule has 0 radical (unpaired) electrons. The van der Waals surface area contributed by atoms with Crippen LogP contribution in [0.1, 0.15) is 35.2 Å². The quantitative estimate of drug-likeness (QED) is 0.455. The van der Waals surface area contributed by atoms with Crippen LogP contribution in [0.5, 0.6) is 0 Å². The van der Waals surface area contributed by atoms with E-state index in [1.807, 2.05) is 30.3 Å². The Balaban J connectivity index is 1.69. The molecule has 1 aliphatic rings. The van der Waals surface area contributed by atoms with Crippen LogP contribution in [0.15, 0.2) is 54.6 Å². The van der Waals surface area contributed by atoms with Crippen molar-refractivity contribution in [1.29, 1.82) is 0 Å². The van der Waals surface area contributed by atoms with E-state index in [0.717, 1.165) is 24.8 Å². The molecule has 0 saturated carbocycles. The van der Waals surface area contributed by atoms with Gasteiger partial charge in [0.2, 0.25) is 0 Å². The molecule has 0 bridgehead atoms. The van der Waals surface area contributed by atoms with Crippen LogP contribution in [0.4, 0.5) is 5.69 Å². The first-order chi connectivity index (χ1) is 12.1. The summed E-state index contributed by atoms with van der Waals surface area (Å²) in [6, 6.07) is 15.2. The summed E-state index contributed by atoms with van der Waals surface area (Å²) in [5.41, 5.74) is 1.51. The summed E-state index contributed by atoms with van der Waals surface area (Å²) in [5.74, 6) is -0.0531. The largest absolute Gasteiger partial charge is 0.294 e. The standard InChI is InChI=1S/C19H20N2O4/c22-19(16-9-11-17(12-10-16)21(23)24)18-8-4-5-13-20(18)25-14-15-6-2-1-3-7-15/h1-3,6-7,9-12,18H,4-5,8,13-14H2. The summed E-state index contributed by atoms with van der Waals surface area (Å²) in [4.78, 5) is 29.0. The molecule has 1 aliphatic heterocycles. The minimum atomic E-state index is -0.468. The highest BCUT2D eigenvalue weighted by molar-refractivity contribution is 6.00. The molecule has 1 saturated heterocycles. The molecule has 6 nitrogen and oxygen atoms in total. The van der Waals surface area contributed by atoms with Crippen LogP contribution < -0.4 is 0 Å². The smallest absolute Gasteiger partial charge is 0.269 e. The van der Waals surface area contributed by atoms with Crippen LogP contribution in [-0.4, -0.2) is 28.4 Å². The maximum atomic E-state index is 12.8. The second kappa shape index (κ2) is 8.00. The summed E-state index contributed by atoms with van der Waals surface area (Å²) < 4.78 is 0. The molecule has 130 valence electrons. The summed E-state index contributed by atoms with van der Waals surface area (Å²) in [7, 11) is 0. The molecule has 2 aromatic rings. The predicted molar refractivity (Wildman–Crippen MR) is 93.0 cm³/mol. The van der Waals surface area contributed by atoms with E-state index >= 15 is 0 Å². The van der Waals surface area contributed by atoms with E-state index in [1.165, 1.54) is 24.3 Å². The van der Waals surface area contributed by atoms with Crippen LogP contribution in [0, 0.1) is 10.1 Å². The normalized spacial score (nSPS) is 18.0. The lowest BCUT2D eigenvalue weighted by Crippen LogP contribution is -2.44. The van der Waals surface area contributed by atoms with Crippen LogP contribution in [0.25, 0.3) is 0 Å². The van der Waals surface area contributed by atoms with Gasteiger partial charge in [-0.25, -0.2) is 0 Å². The number of piperidine rings is 1. The highest BCUT2D eigenvalue weighted by Crippen LogP contribution is 2.23. The summed E-state index contributed by atoms with van der Waals surface area (Å²) >= 11 is 0. The number of nitrogens with zero attached hydrogens (tertiary/aromatic N) is 2. The highest BCUT2D eigenvalue weighted by atomic mass is 16.7. The number of Topliss-reactive ketones (excluding diaryl/α,β-unsaturated/α-hetero) is 1. The zero-order valence-corrected chi connectivity index (χ0v) is 13.8. The molecule has 0 aliphatic carbocycles. The molecule has 0 aromatic heterocycles. The fourth-order valence-electron chi connectivity index (χ4n) is 2.99. The lowest BCUT2D eigenvalue weighted by atomic mass is 9.96. The van der Waals surface area contributed by atoms with Gasteiger partial charge in [-0.15, -0.1) is 0 Å². The fraction of sp³-hybridized carbons (Fsp3) is 0.316. The highest BCUT2D eigenvalue weighted by Gasteiger charge is 2.30. The van der Waals surface area contributed by atoms with Gasteiger partial charge >= 0.3 is 0 Å². The van der Waals surface area contributed by atoms with Crippen LogP contribution in [0.2, 0.25) is 0 Å². The third-order valence-electron chi connectivity index (χ3n) is 4.36. The Morgan fingerprint density at radius 1 is 1.12 bits per heavy atom. The average molecular weight is 340 g/mol. The molecule has 1 heterocycles. The second-order valence-corrected chi connectivity index (χ2v) is 6.08. The topological polar surface area (TPSA) is 72.7 Å². The number of benzene rings is 2. The molecule has 1 unspecified atom stereocenters. The van der Waals surface area contributed by atoms with Gasteiger partial charge < -0.3 is 0 Å². The number of rotatable bonds is 6. The van der Waals surface area contributed by atoms with Crippen molar-refractivity contribution in [3.8, 4) is 0 Å². The van der Waals surface area contributed by atoms with Crippen molar-refractivity contribution in [2.24, 2.45) is 0 Å². The predicted octanol–water partition coefficient (Wildman–Crippen LogP) is 3.76. The van der Waals surface area contributed by atoms with Gasteiger partial charge in [0.05, 0.1) is 17.6 Å². The van der Waals surface area contributed by atoms with E-state index in [2.05, 4.69) is 0 Å². The summed E-state index contributed by atoms with van der Waals surface area (Å²) in [6.07, 6.45) is 2.68. The number of ketones is 1. The Labute approximate surface area is 146 Å². The maximum Gasteiger partial charge on any atom is 0.269 e. The van der Waals surface area contributed by atoms with Gasteiger partial charge in [-0.05, 0) is 37.0 Å². The molecule has 6 heteroatoms. The maximum absolute atomic E-state index is 12.8.